The minimum Gasteiger partial charge on any atom is -0.456 e. The zero-order valence-electron chi connectivity index (χ0n) is 19.0. The Morgan fingerprint density at radius 3 is 1.97 bits per heavy atom. The Balaban J connectivity index is 1.46. The number of benzene rings is 7. The number of hydrogen-bond donors (Lipinski definition) is 0. The van der Waals surface area contributed by atoms with Crippen molar-refractivity contribution in [1.29, 1.82) is 0 Å². The van der Waals surface area contributed by atoms with Gasteiger partial charge in [-0.3, -0.25) is 0 Å². The fourth-order valence-electron chi connectivity index (χ4n) is 5.85. The highest BCUT2D eigenvalue weighted by atomic mass is 16.3. The van der Waals surface area contributed by atoms with E-state index in [1.807, 2.05) is 12.1 Å². The second-order valence-corrected chi connectivity index (χ2v) is 9.33. The molecule has 1 heterocycles. The molecule has 35 heavy (non-hydrogen) atoms. The Kier molecular flexibility index (Phi) is 3.72. The van der Waals surface area contributed by atoms with Crippen molar-refractivity contribution in [3.05, 3.63) is 121 Å². The third kappa shape index (κ3) is 2.64. The lowest BCUT2D eigenvalue weighted by Gasteiger charge is -2.16. The zero-order chi connectivity index (χ0) is 22.9. The topological polar surface area (TPSA) is 13.1 Å². The van der Waals surface area contributed by atoms with E-state index in [2.05, 4.69) is 109 Å². The first kappa shape index (κ1) is 18.8. The van der Waals surface area contributed by atoms with Crippen molar-refractivity contribution >= 4 is 54.3 Å². The quantitative estimate of drug-likeness (QED) is 0.242. The van der Waals surface area contributed by atoms with E-state index in [1.165, 1.54) is 60.0 Å². The fourth-order valence-corrected chi connectivity index (χ4v) is 5.85. The molecule has 8 rings (SSSR count). The molecular weight excluding hydrogens is 424 g/mol. The van der Waals surface area contributed by atoms with Crippen molar-refractivity contribution in [3.63, 3.8) is 0 Å². The highest BCUT2D eigenvalue weighted by Crippen LogP contribution is 2.43. The van der Waals surface area contributed by atoms with Crippen LogP contribution in [0.4, 0.5) is 0 Å². The van der Waals surface area contributed by atoms with Crippen LogP contribution in [0.25, 0.3) is 76.5 Å². The van der Waals surface area contributed by atoms with Gasteiger partial charge in [0.05, 0.1) is 0 Å². The lowest BCUT2D eigenvalue weighted by Crippen LogP contribution is -1.89. The summed E-state index contributed by atoms with van der Waals surface area (Å²) < 4.78 is 6.19. The predicted octanol–water partition coefficient (Wildman–Crippen LogP) is 9.82. The molecule has 0 saturated carbocycles. The molecule has 0 atom stereocenters. The summed E-state index contributed by atoms with van der Waals surface area (Å²) in [6, 6.07) is 43.7. The molecule has 0 aliphatic carbocycles. The van der Waals surface area contributed by atoms with Crippen LogP contribution in [-0.4, -0.2) is 0 Å². The summed E-state index contributed by atoms with van der Waals surface area (Å²) in [5.74, 6) is 0. The van der Waals surface area contributed by atoms with E-state index in [1.54, 1.807) is 0 Å². The Morgan fingerprint density at radius 2 is 1.09 bits per heavy atom. The molecule has 0 amide bonds. The van der Waals surface area contributed by atoms with Gasteiger partial charge in [0.2, 0.25) is 0 Å². The van der Waals surface area contributed by atoms with Crippen molar-refractivity contribution in [2.75, 3.05) is 0 Å². The van der Waals surface area contributed by atoms with Crippen molar-refractivity contribution in [2.24, 2.45) is 0 Å². The number of fused-ring (bicyclic) bond motifs is 3. The molecule has 0 N–H and O–H groups in total. The second-order valence-electron chi connectivity index (χ2n) is 9.33. The van der Waals surface area contributed by atoms with Gasteiger partial charge in [-0.2, -0.15) is 0 Å². The average Bonchev–Trinajstić information content (AvgIpc) is 3.31. The maximum Gasteiger partial charge on any atom is 0.136 e. The first-order valence-electron chi connectivity index (χ1n) is 12.0. The standard InChI is InChI=1S/C34H20O/c1-2-7-21(8-3-1)25-19-23-14-13-22-15-17-26(28-18-16-24(20-25)32(23)33(22)28)27-10-6-12-31-34(27)29-9-4-5-11-30(29)35-31/h1-20H. The number of hydrogen-bond acceptors (Lipinski definition) is 1. The summed E-state index contributed by atoms with van der Waals surface area (Å²) in [4.78, 5) is 0. The van der Waals surface area contributed by atoms with Crippen LogP contribution in [0.5, 0.6) is 0 Å². The number of rotatable bonds is 2. The molecule has 162 valence electrons. The van der Waals surface area contributed by atoms with Gasteiger partial charge in [0.1, 0.15) is 11.2 Å². The molecule has 0 unspecified atom stereocenters. The third-order valence-corrected chi connectivity index (χ3v) is 7.40. The van der Waals surface area contributed by atoms with Crippen LogP contribution in [0.3, 0.4) is 0 Å². The van der Waals surface area contributed by atoms with Gasteiger partial charge in [0.15, 0.2) is 0 Å². The summed E-state index contributed by atoms with van der Waals surface area (Å²) in [7, 11) is 0. The molecule has 1 aromatic heterocycles. The Labute approximate surface area is 202 Å². The predicted molar refractivity (Wildman–Crippen MR) is 148 cm³/mol. The van der Waals surface area contributed by atoms with E-state index in [-0.39, 0.29) is 0 Å². The van der Waals surface area contributed by atoms with Crippen LogP contribution in [0.15, 0.2) is 126 Å². The molecule has 0 aliphatic heterocycles. The number of para-hydroxylation sites is 1. The second kappa shape index (κ2) is 6.94. The number of furan rings is 1. The normalized spacial score (nSPS) is 12.0. The van der Waals surface area contributed by atoms with Gasteiger partial charge in [-0.25, -0.2) is 0 Å². The van der Waals surface area contributed by atoms with Gasteiger partial charge in [-0.1, -0.05) is 97.1 Å². The largest absolute Gasteiger partial charge is 0.456 e. The Morgan fingerprint density at radius 1 is 0.371 bits per heavy atom. The maximum atomic E-state index is 6.19. The Bertz CT molecular complexity index is 2020. The van der Waals surface area contributed by atoms with Crippen molar-refractivity contribution in [3.8, 4) is 22.3 Å². The van der Waals surface area contributed by atoms with Crippen molar-refractivity contribution < 1.29 is 4.42 Å². The molecule has 0 spiro atoms. The van der Waals surface area contributed by atoms with Crippen molar-refractivity contribution in [1.82, 2.24) is 0 Å². The van der Waals surface area contributed by atoms with Crippen LogP contribution in [0.1, 0.15) is 0 Å². The summed E-state index contributed by atoms with van der Waals surface area (Å²) >= 11 is 0. The van der Waals surface area contributed by atoms with E-state index in [0.29, 0.717) is 0 Å². The van der Waals surface area contributed by atoms with Crippen LogP contribution >= 0.6 is 0 Å². The van der Waals surface area contributed by atoms with E-state index in [9.17, 15) is 0 Å². The minimum atomic E-state index is 0.932. The fraction of sp³-hybridized carbons (Fsp3) is 0. The van der Waals surface area contributed by atoms with Gasteiger partial charge in [-0.15, -0.1) is 0 Å². The van der Waals surface area contributed by atoms with Gasteiger partial charge in [0, 0.05) is 10.8 Å². The van der Waals surface area contributed by atoms with Crippen LogP contribution in [-0.2, 0) is 0 Å². The van der Waals surface area contributed by atoms with Crippen molar-refractivity contribution in [2.45, 2.75) is 0 Å². The van der Waals surface area contributed by atoms with Crippen LogP contribution in [0.2, 0.25) is 0 Å². The highest BCUT2D eigenvalue weighted by molar-refractivity contribution is 6.27. The van der Waals surface area contributed by atoms with Gasteiger partial charge < -0.3 is 4.42 Å². The first-order valence-corrected chi connectivity index (χ1v) is 12.0. The Hall–Kier alpha value is -4.62. The highest BCUT2D eigenvalue weighted by Gasteiger charge is 2.17. The van der Waals surface area contributed by atoms with E-state index in [0.717, 1.165) is 16.6 Å². The average molecular weight is 445 g/mol. The molecular formula is C34H20O. The molecule has 0 saturated heterocycles. The smallest absolute Gasteiger partial charge is 0.136 e. The lowest BCUT2D eigenvalue weighted by atomic mass is 9.87. The monoisotopic (exact) mass is 444 g/mol. The maximum absolute atomic E-state index is 6.19. The minimum absolute atomic E-state index is 0.932. The van der Waals surface area contributed by atoms with E-state index in [4.69, 9.17) is 4.42 Å². The van der Waals surface area contributed by atoms with E-state index >= 15 is 0 Å². The van der Waals surface area contributed by atoms with Gasteiger partial charge >= 0.3 is 0 Å². The SMILES string of the molecule is c1ccc(-c2cc3ccc4ccc(-c5cccc6oc7ccccc7c56)c5ccc(c2)c3c45)cc1. The molecule has 0 fully saturated rings. The molecule has 0 bridgehead atoms. The summed E-state index contributed by atoms with van der Waals surface area (Å²) in [6.07, 6.45) is 0. The summed E-state index contributed by atoms with van der Waals surface area (Å²) in [5.41, 5.74) is 6.83. The van der Waals surface area contributed by atoms with Crippen LogP contribution < -0.4 is 0 Å². The molecule has 0 radical (unpaired) electrons. The molecule has 0 aliphatic rings. The van der Waals surface area contributed by atoms with Gasteiger partial charge in [-0.05, 0) is 78.8 Å². The zero-order valence-corrected chi connectivity index (χ0v) is 19.0. The molecule has 1 nitrogen and oxygen atoms in total. The van der Waals surface area contributed by atoms with Crippen LogP contribution in [0, 0.1) is 0 Å². The lowest BCUT2D eigenvalue weighted by molar-refractivity contribution is 0.669. The molecule has 7 aromatic carbocycles. The van der Waals surface area contributed by atoms with E-state index < -0.39 is 0 Å². The molecule has 1 heteroatoms. The third-order valence-electron chi connectivity index (χ3n) is 7.40. The summed E-state index contributed by atoms with van der Waals surface area (Å²) in [5, 5.41) is 10.1. The summed E-state index contributed by atoms with van der Waals surface area (Å²) in [6.45, 7) is 0. The van der Waals surface area contributed by atoms with Gasteiger partial charge in [0.25, 0.3) is 0 Å². The first-order chi connectivity index (χ1) is 17.3. The molecule has 8 aromatic rings.